The third kappa shape index (κ3) is 21.6. The second-order valence-electron chi connectivity index (χ2n) is 14.8. The summed E-state index contributed by atoms with van der Waals surface area (Å²) in [5, 5.41) is 5.16. The Kier molecular flexibility index (Phi) is 16.8. The highest BCUT2D eigenvalue weighted by atomic mass is 16.6. The molecule has 0 aromatic rings. The molecular formula is C32H60N4O8. The lowest BCUT2D eigenvalue weighted by Crippen LogP contribution is -2.50. The Bertz CT molecular complexity index is 953. The van der Waals surface area contributed by atoms with Gasteiger partial charge >= 0.3 is 24.2 Å². The number of esters is 1. The van der Waals surface area contributed by atoms with Crippen molar-refractivity contribution in [3.05, 3.63) is 0 Å². The molecule has 0 radical (unpaired) electrons. The van der Waals surface area contributed by atoms with Crippen LogP contribution in [0.25, 0.3) is 0 Å². The second kappa shape index (κ2) is 18.0. The molecular weight excluding hydrogens is 568 g/mol. The predicted molar refractivity (Wildman–Crippen MR) is 172 cm³/mol. The summed E-state index contributed by atoms with van der Waals surface area (Å²) in [6.45, 7) is 23.0. The Morgan fingerprint density at radius 3 is 1.64 bits per heavy atom. The summed E-state index contributed by atoms with van der Waals surface area (Å²) in [4.78, 5) is 57.5. The summed E-state index contributed by atoms with van der Waals surface area (Å²) >= 11 is 0. The van der Waals surface area contributed by atoms with E-state index < -0.39 is 52.7 Å². The molecule has 0 bridgehead atoms. The van der Waals surface area contributed by atoms with Crippen molar-refractivity contribution < 1.29 is 38.1 Å². The van der Waals surface area contributed by atoms with Gasteiger partial charge in [-0.1, -0.05) is 39.0 Å². The first-order valence-electron chi connectivity index (χ1n) is 15.7. The van der Waals surface area contributed by atoms with Crippen LogP contribution in [0.2, 0.25) is 0 Å². The number of unbranched alkanes of at least 4 members (excludes halogenated alkanes) is 5. The minimum atomic E-state index is -1.11. The molecule has 0 aliphatic carbocycles. The molecule has 1 atom stereocenters. The molecule has 0 rings (SSSR count). The number of nitrogens with one attached hydrogen (secondary N) is 2. The van der Waals surface area contributed by atoms with Gasteiger partial charge in [0.05, 0.1) is 0 Å². The number of hydrogen-bond acceptors (Lipinski definition) is 9. The van der Waals surface area contributed by atoms with Crippen LogP contribution < -0.4 is 10.6 Å². The number of carbonyl (C=O) groups excluding carboxylic acids is 4. The molecule has 0 aliphatic heterocycles. The van der Waals surface area contributed by atoms with Gasteiger partial charge < -0.3 is 24.3 Å². The lowest BCUT2D eigenvalue weighted by Gasteiger charge is -2.29. The van der Waals surface area contributed by atoms with Gasteiger partial charge in [-0.15, -0.1) is 0 Å². The quantitative estimate of drug-likeness (QED) is 0.0766. The number of guanidine groups is 1. The smallest absolute Gasteiger partial charge is 0.417 e. The molecule has 12 heteroatoms. The number of alkyl carbamates (subject to hydrolysis) is 2. The number of rotatable bonds is 12. The van der Waals surface area contributed by atoms with Gasteiger partial charge in [0.2, 0.25) is 5.96 Å². The summed E-state index contributed by atoms with van der Waals surface area (Å²) in [5.41, 5.74) is -3.19. The van der Waals surface area contributed by atoms with Crippen molar-refractivity contribution in [3.8, 4) is 0 Å². The van der Waals surface area contributed by atoms with Crippen molar-refractivity contribution in [2.24, 2.45) is 4.99 Å². The lowest BCUT2D eigenvalue weighted by molar-refractivity contribution is -0.157. The highest BCUT2D eigenvalue weighted by molar-refractivity contribution is 6.01. The van der Waals surface area contributed by atoms with E-state index in [0.717, 1.165) is 32.1 Å². The Balaban J connectivity index is 6.27. The van der Waals surface area contributed by atoms with Crippen LogP contribution >= 0.6 is 0 Å². The highest BCUT2D eigenvalue weighted by Crippen LogP contribution is 2.15. The Hall–Kier alpha value is -3.05. The monoisotopic (exact) mass is 628 g/mol. The van der Waals surface area contributed by atoms with Crippen LogP contribution in [0.5, 0.6) is 0 Å². The fourth-order valence-corrected chi connectivity index (χ4v) is 3.61. The summed E-state index contributed by atoms with van der Waals surface area (Å²) in [5.74, 6) is -0.751. The number of aliphatic imine (C=N–C) groups is 1. The zero-order valence-corrected chi connectivity index (χ0v) is 29.6. The lowest BCUT2D eigenvalue weighted by atomic mass is 10.1. The average molecular weight is 629 g/mol. The van der Waals surface area contributed by atoms with Crippen LogP contribution in [0.4, 0.5) is 14.4 Å². The van der Waals surface area contributed by atoms with Crippen molar-refractivity contribution in [1.29, 1.82) is 0 Å². The van der Waals surface area contributed by atoms with Gasteiger partial charge in [-0.25, -0.2) is 24.1 Å². The maximum atomic E-state index is 13.4. The first kappa shape index (κ1) is 41.0. The summed E-state index contributed by atoms with van der Waals surface area (Å²) in [6, 6.07) is -1.11. The van der Waals surface area contributed by atoms with E-state index in [1.807, 2.05) is 0 Å². The van der Waals surface area contributed by atoms with E-state index in [4.69, 9.17) is 18.9 Å². The number of hydrogen-bond donors (Lipinski definition) is 2. The Morgan fingerprint density at radius 2 is 1.14 bits per heavy atom. The maximum Gasteiger partial charge on any atom is 0.417 e. The van der Waals surface area contributed by atoms with Crippen LogP contribution in [-0.4, -0.2) is 76.6 Å². The number of ether oxygens (including phenoxy) is 4. The van der Waals surface area contributed by atoms with Gasteiger partial charge in [0.15, 0.2) is 0 Å². The van der Waals surface area contributed by atoms with E-state index in [0.29, 0.717) is 6.42 Å². The van der Waals surface area contributed by atoms with Crippen LogP contribution in [0.3, 0.4) is 0 Å². The van der Waals surface area contributed by atoms with Gasteiger partial charge in [-0.3, -0.25) is 10.3 Å². The molecule has 3 amide bonds. The van der Waals surface area contributed by atoms with Crippen molar-refractivity contribution >= 4 is 30.2 Å². The summed E-state index contributed by atoms with van der Waals surface area (Å²) in [7, 11) is 0. The molecule has 0 saturated carbocycles. The molecule has 0 heterocycles. The zero-order chi connectivity index (χ0) is 34.4. The minimum Gasteiger partial charge on any atom is -0.458 e. The molecule has 0 aromatic carbocycles. The van der Waals surface area contributed by atoms with Crippen LogP contribution in [0.15, 0.2) is 4.99 Å². The van der Waals surface area contributed by atoms with E-state index in [2.05, 4.69) is 22.5 Å². The van der Waals surface area contributed by atoms with Gasteiger partial charge in [-0.05, 0) is 95.9 Å². The highest BCUT2D eigenvalue weighted by Gasteiger charge is 2.31. The van der Waals surface area contributed by atoms with Gasteiger partial charge in [0.1, 0.15) is 28.4 Å². The molecule has 44 heavy (non-hydrogen) atoms. The topological polar surface area (TPSA) is 145 Å². The largest absolute Gasteiger partial charge is 0.458 e. The van der Waals surface area contributed by atoms with E-state index in [1.165, 1.54) is 4.90 Å². The SMILES string of the molecule is CCCCCCCCN(C(=O)OC(C)(C)C)C(=NCC[C@H](NC(=O)OC(C)(C)C)C(=O)OC(C)(C)C)NC(=O)OC(C)(C)C. The van der Waals surface area contributed by atoms with Crippen molar-refractivity contribution in [2.75, 3.05) is 13.1 Å². The Labute approximate surface area is 265 Å². The van der Waals surface area contributed by atoms with Gasteiger partial charge in [0, 0.05) is 13.1 Å². The molecule has 0 aromatic heterocycles. The van der Waals surface area contributed by atoms with Crippen molar-refractivity contribution in [2.45, 2.75) is 163 Å². The fourth-order valence-electron chi connectivity index (χ4n) is 3.61. The molecule has 0 spiro atoms. The number of carbonyl (C=O) groups is 4. The molecule has 0 fully saturated rings. The Morgan fingerprint density at radius 1 is 0.659 bits per heavy atom. The molecule has 256 valence electrons. The van der Waals surface area contributed by atoms with E-state index in [-0.39, 0.29) is 25.5 Å². The molecule has 0 unspecified atom stereocenters. The van der Waals surface area contributed by atoms with Gasteiger partial charge in [0.25, 0.3) is 0 Å². The first-order valence-corrected chi connectivity index (χ1v) is 15.7. The van der Waals surface area contributed by atoms with Crippen molar-refractivity contribution in [1.82, 2.24) is 15.5 Å². The van der Waals surface area contributed by atoms with E-state index in [9.17, 15) is 19.2 Å². The predicted octanol–water partition coefficient (Wildman–Crippen LogP) is 7.09. The minimum absolute atomic E-state index is 0.00711. The first-order chi connectivity index (χ1) is 19.9. The average Bonchev–Trinajstić information content (AvgIpc) is 2.77. The number of nitrogens with zero attached hydrogens (tertiary/aromatic N) is 2. The zero-order valence-electron chi connectivity index (χ0n) is 29.6. The molecule has 0 saturated heterocycles. The second-order valence-corrected chi connectivity index (χ2v) is 14.8. The van der Waals surface area contributed by atoms with Crippen LogP contribution in [-0.2, 0) is 23.7 Å². The number of amides is 3. The molecule has 12 nitrogen and oxygen atoms in total. The maximum absolute atomic E-state index is 13.4. The fraction of sp³-hybridized carbons (Fsp3) is 0.844. The standard InChI is InChI=1S/C32H60N4O8/c1-14-15-16-17-18-19-22-36(28(40)44-32(11,12)13)25(35-27(39)43-31(8,9)10)33-21-20-23(24(37)41-29(2,3)4)34-26(38)42-30(5,6)7/h23H,14-22H2,1-13H3,(H,34,38)(H,33,35,39)/t23-/m0/s1. The third-order valence-corrected chi connectivity index (χ3v) is 5.28. The summed E-state index contributed by atoms with van der Waals surface area (Å²) in [6.07, 6.45) is 3.60. The van der Waals surface area contributed by atoms with E-state index in [1.54, 1.807) is 83.1 Å². The van der Waals surface area contributed by atoms with Crippen molar-refractivity contribution in [3.63, 3.8) is 0 Å². The normalized spacial score (nSPS) is 13.4. The van der Waals surface area contributed by atoms with Crippen LogP contribution in [0, 0.1) is 0 Å². The van der Waals surface area contributed by atoms with E-state index >= 15 is 0 Å². The summed E-state index contributed by atoms with van der Waals surface area (Å²) < 4.78 is 21.9. The third-order valence-electron chi connectivity index (χ3n) is 5.28. The van der Waals surface area contributed by atoms with Gasteiger partial charge in [-0.2, -0.15) is 0 Å². The molecule has 2 N–H and O–H groups in total. The molecule has 0 aliphatic rings. The van der Waals surface area contributed by atoms with Crippen LogP contribution in [0.1, 0.15) is 135 Å².